The smallest absolute Gasteiger partial charge is 0.326 e. The molecule has 106 valence electrons. The van der Waals surface area contributed by atoms with E-state index < -0.39 is 5.97 Å². The maximum Gasteiger partial charge on any atom is 0.326 e. The lowest BCUT2D eigenvalue weighted by Gasteiger charge is -2.32. The van der Waals surface area contributed by atoms with Gasteiger partial charge in [0.15, 0.2) is 0 Å². The minimum atomic E-state index is -1.16. The van der Waals surface area contributed by atoms with Crippen LogP contribution < -0.4 is 0 Å². The fourth-order valence-corrected chi connectivity index (χ4v) is 1.98. The van der Waals surface area contributed by atoms with Gasteiger partial charge in [0.2, 0.25) is 0 Å². The molecule has 0 atom stereocenters. The summed E-state index contributed by atoms with van der Waals surface area (Å²) in [6.07, 6.45) is 8.27. The van der Waals surface area contributed by atoms with Crippen LogP contribution in [0.2, 0.25) is 0 Å². The Morgan fingerprint density at radius 2 is 1.72 bits per heavy atom. The topological polar surface area (TPSA) is 44.8 Å². The van der Waals surface area contributed by atoms with E-state index in [2.05, 4.69) is 6.92 Å². The molecule has 0 amide bonds. The predicted molar refractivity (Wildman–Crippen MR) is 69.0 cm³/mol. The molecule has 1 rings (SSSR count). The zero-order valence-corrected chi connectivity index (χ0v) is 11.7. The predicted octanol–water partition coefficient (Wildman–Crippen LogP) is 3.39. The quantitative estimate of drug-likeness (QED) is 0.494. The molecule has 4 nitrogen and oxygen atoms in total. The van der Waals surface area contributed by atoms with Gasteiger partial charge in [0.05, 0.1) is 13.2 Å². The first-order chi connectivity index (χ1) is 8.66. The Morgan fingerprint density at radius 1 is 1.11 bits per heavy atom. The van der Waals surface area contributed by atoms with Crippen LogP contribution in [0.25, 0.3) is 0 Å². The first-order valence-electron chi connectivity index (χ1n) is 7.16. The first-order valence-corrected chi connectivity index (χ1v) is 7.16. The van der Waals surface area contributed by atoms with Crippen molar-refractivity contribution < 1.29 is 19.0 Å². The molecule has 1 fully saturated rings. The van der Waals surface area contributed by atoms with Gasteiger partial charge in [0.1, 0.15) is 0 Å². The summed E-state index contributed by atoms with van der Waals surface area (Å²) in [6, 6.07) is 0. The number of hydrogen-bond donors (Lipinski definition) is 0. The second kappa shape index (κ2) is 8.48. The van der Waals surface area contributed by atoms with E-state index in [1.807, 2.05) is 0 Å². The van der Waals surface area contributed by atoms with Gasteiger partial charge in [-0.25, -0.2) is 0 Å². The summed E-state index contributed by atoms with van der Waals surface area (Å²) < 4.78 is 15.9. The second-order valence-corrected chi connectivity index (χ2v) is 4.90. The molecule has 4 heteroatoms. The minimum Gasteiger partial charge on any atom is -0.408 e. The molecule has 0 bridgehead atoms. The van der Waals surface area contributed by atoms with E-state index in [4.69, 9.17) is 14.2 Å². The van der Waals surface area contributed by atoms with E-state index >= 15 is 0 Å². The van der Waals surface area contributed by atoms with Crippen molar-refractivity contribution in [2.75, 3.05) is 13.2 Å². The third-order valence-corrected chi connectivity index (χ3v) is 3.05. The highest BCUT2D eigenvalue weighted by Gasteiger charge is 2.33. The van der Waals surface area contributed by atoms with Gasteiger partial charge in [-0.15, -0.1) is 0 Å². The molecule has 0 N–H and O–H groups in total. The van der Waals surface area contributed by atoms with Crippen LogP contribution in [0.1, 0.15) is 65.2 Å². The van der Waals surface area contributed by atoms with Crippen molar-refractivity contribution in [3.63, 3.8) is 0 Å². The molecule has 1 aliphatic heterocycles. The van der Waals surface area contributed by atoms with E-state index in [0.717, 1.165) is 19.3 Å². The zero-order valence-electron chi connectivity index (χ0n) is 11.7. The van der Waals surface area contributed by atoms with Gasteiger partial charge in [-0.3, -0.25) is 4.79 Å². The lowest BCUT2D eigenvalue weighted by atomic mass is 10.1. The highest BCUT2D eigenvalue weighted by atomic mass is 16.9. The van der Waals surface area contributed by atoms with Crippen LogP contribution in [0.3, 0.4) is 0 Å². The van der Waals surface area contributed by atoms with E-state index in [-0.39, 0.29) is 5.97 Å². The van der Waals surface area contributed by atoms with Gasteiger partial charge in [-0.2, -0.15) is 0 Å². The van der Waals surface area contributed by atoms with Gasteiger partial charge in [-0.05, 0) is 12.8 Å². The van der Waals surface area contributed by atoms with Crippen molar-refractivity contribution in [2.45, 2.75) is 71.2 Å². The third kappa shape index (κ3) is 6.36. The summed E-state index contributed by atoms with van der Waals surface area (Å²) in [7, 11) is 0. The number of ether oxygens (including phenoxy) is 3. The molecule has 1 aliphatic rings. The van der Waals surface area contributed by atoms with Gasteiger partial charge >= 0.3 is 11.9 Å². The van der Waals surface area contributed by atoms with Crippen LogP contribution in [-0.2, 0) is 19.0 Å². The average molecular weight is 258 g/mol. The molecule has 0 spiro atoms. The summed E-state index contributed by atoms with van der Waals surface area (Å²) in [5.41, 5.74) is 0. The van der Waals surface area contributed by atoms with Crippen molar-refractivity contribution in [3.05, 3.63) is 0 Å². The molecule has 0 aromatic carbocycles. The molecule has 0 aromatic heterocycles. The number of unbranched alkanes of at least 4 members (excludes halogenated alkanes) is 5. The van der Waals surface area contributed by atoms with Crippen molar-refractivity contribution in [2.24, 2.45) is 0 Å². The van der Waals surface area contributed by atoms with E-state index in [1.54, 1.807) is 6.92 Å². The van der Waals surface area contributed by atoms with Crippen molar-refractivity contribution >= 4 is 5.97 Å². The molecule has 18 heavy (non-hydrogen) atoms. The number of esters is 1. The molecule has 0 aromatic rings. The second-order valence-electron chi connectivity index (χ2n) is 4.90. The third-order valence-electron chi connectivity index (χ3n) is 3.05. The Balaban J connectivity index is 2.06. The number of hydrogen-bond acceptors (Lipinski definition) is 4. The van der Waals surface area contributed by atoms with Gasteiger partial charge in [-0.1, -0.05) is 39.0 Å². The van der Waals surface area contributed by atoms with Crippen molar-refractivity contribution in [1.82, 2.24) is 0 Å². The molecule has 0 unspecified atom stereocenters. The van der Waals surface area contributed by atoms with Crippen LogP contribution in [0.15, 0.2) is 0 Å². The maximum absolute atomic E-state index is 11.6. The Morgan fingerprint density at radius 3 is 2.39 bits per heavy atom. The lowest BCUT2D eigenvalue weighted by molar-refractivity contribution is -0.371. The summed E-state index contributed by atoms with van der Waals surface area (Å²) in [5.74, 6) is -1.38. The SMILES string of the molecule is CCCCCCCCC(=O)OC1(C)OCCCO1. The maximum atomic E-state index is 11.6. The van der Waals surface area contributed by atoms with Crippen LogP contribution >= 0.6 is 0 Å². The standard InChI is InChI=1S/C14H26O4/c1-3-4-5-6-7-8-10-13(15)18-14(2)16-11-9-12-17-14/h3-12H2,1-2H3. The van der Waals surface area contributed by atoms with E-state index in [1.165, 1.54) is 25.7 Å². The van der Waals surface area contributed by atoms with Crippen LogP contribution in [0, 0.1) is 0 Å². The Hall–Kier alpha value is -0.610. The molecule has 0 radical (unpaired) electrons. The summed E-state index contributed by atoms with van der Waals surface area (Å²) in [5, 5.41) is 0. The number of carbonyl (C=O) groups excluding carboxylic acids is 1. The molecule has 0 saturated carbocycles. The highest BCUT2D eigenvalue weighted by Crippen LogP contribution is 2.20. The molecule has 1 heterocycles. The molecule has 1 saturated heterocycles. The van der Waals surface area contributed by atoms with Crippen LogP contribution in [0.4, 0.5) is 0 Å². The van der Waals surface area contributed by atoms with Crippen LogP contribution in [0.5, 0.6) is 0 Å². The first kappa shape index (κ1) is 15.4. The minimum absolute atomic E-state index is 0.227. The van der Waals surface area contributed by atoms with Gasteiger partial charge in [0, 0.05) is 13.3 Å². The van der Waals surface area contributed by atoms with E-state index in [0.29, 0.717) is 19.6 Å². The van der Waals surface area contributed by atoms with Gasteiger partial charge in [0.25, 0.3) is 0 Å². The monoisotopic (exact) mass is 258 g/mol. The number of rotatable bonds is 8. The Kier molecular flexibility index (Phi) is 7.28. The Bertz CT molecular complexity index is 234. The normalized spacial score (nSPS) is 18.6. The fraction of sp³-hybridized carbons (Fsp3) is 0.929. The van der Waals surface area contributed by atoms with Crippen molar-refractivity contribution in [3.8, 4) is 0 Å². The summed E-state index contributed by atoms with van der Waals surface area (Å²) in [4.78, 5) is 11.6. The van der Waals surface area contributed by atoms with Gasteiger partial charge < -0.3 is 14.2 Å². The Labute approximate surface area is 110 Å². The largest absolute Gasteiger partial charge is 0.408 e. The fourth-order valence-electron chi connectivity index (χ4n) is 1.98. The van der Waals surface area contributed by atoms with Crippen LogP contribution in [-0.4, -0.2) is 25.2 Å². The van der Waals surface area contributed by atoms with E-state index in [9.17, 15) is 4.79 Å². The number of carbonyl (C=O) groups is 1. The summed E-state index contributed by atoms with van der Waals surface area (Å²) >= 11 is 0. The summed E-state index contributed by atoms with van der Waals surface area (Å²) in [6.45, 7) is 5.02. The molecular formula is C14H26O4. The highest BCUT2D eigenvalue weighted by molar-refractivity contribution is 5.69. The average Bonchev–Trinajstić information content (AvgIpc) is 2.34. The zero-order chi connectivity index (χ0) is 13.3. The molecular weight excluding hydrogens is 232 g/mol. The molecule has 0 aliphatic carbocycles. The van der Waals surface area contributed by atoms with Crippen molar-refractivity contribution in [1.29, 1.82) is 0 Å². The lowest BCUT2D eigenvalue weighted by Crippen LogP contribution is -2.41.